The van der Waals surface area contributed by atoms with Gasteiger partial charge in [0.1, 0.15) is 16.6 Å². The minimum absolute atomic E-state index is 0.128. The molecular formula is C17H14N2O2. The van der Waals surface area contributed by atoms with Gasteiger partial charge in [0.25, 0.3) is 5.56 Å². The Morgan fingerprint density at radius 1 is 1.05 bits per heavy atom. The second-order valence-electron chi connectivity index (χ2n) is 4.66. The maximum atomic E-state index is 12.5. The van der Waals surface area contributed by atoms with Gasteiger partial charge in [-0.3, -0.25) is 9.36 Å². The molecule has 4 heteroatoms. The van der Waals surface area contributed by atoms with Crippen molar-refractivity contribution in [1.29, 1.82) is 0 Å². The molecule has 0 atom stereocenters. The van der Waals surface area contributed by atoms with Gasteiger partial charge in [-0.1, -0.05) is 43.0 Å². The summed E-state index contributed by atoms with van der Waals surface area (Å²) in [4.78, 5) is 15.4. The third-order valence-corrected chi connectivity index (χ3v) is 3.23. The number of rotatable bonds is 2. The van der Waals surface area contributed by atoms with Gasteiger partial charge in [0.2, 0.25) is 0 Å². The first-order chi connectivity index (χ1) is 10.2. The summed E-state index contributed by atoms with van der Waals surface area (Å²) in [6, 6.07) is 16.1. The molecule has 4 nitrogen and oxygen atoms in total. The molecule has 0 radical (unpaired) electrons. The Bertz CT molecular complexity index is 937. The average Bonchev–Trinajstić information content (AvgIpc) is 2.77. The van der Waals surface area contributed by atoms with Crippen LogP contribution in [0.4, 0.5) is 0 Å². The zero-order valence-corrected chi connectivity index (χ0v) is 11.3. The Balaban J connectivity index is 2.23. The topological polar surface area (TPSA) is 58.0 Å². The van der Waals surface area contributed by atoms with Crippen molar-refractivity contribution in [2.75, 3.05) is 0 Å². The smallest absolute Gasteiger partial charge is 0.280 e. The van der Waals surface area contributed by atoms with E-state index in [0.717, 1.165) is 5.69 Å². The van der Waals surface area contributed by atoms with Crippen molar-refractivity contribution >= 4 is 12.7 Å². The zero-order valence-electron chi connectivity index (χ0n) is 11.3. The van der Waals surface area contributed by atoms with Gasteiger partial charge in [0, 0.05) is 5.56 Å². The first kappa shape index (κ1) is 13.0. The molecule has 3 aromatic rings. The van der Waals surface area contributed by atoms with Crippen LogP contribution >= 0.6 is 0 Å². The van der Waals surface area contributed by atoms with Crippen LogP contribution in [0.15, 0.2) is 59.4 Å². The van der Waals surface area contributed by atoms with E-state index in [1.54, 1.807) is 30.3 Å². The highest BCUT2D eigenvalue weighted by atomic mass is 16.3. The molecule has 104 valence electrons. The van der Waals surface area contributed by atoms with Gasteiger partial charge in [-0.2, -0.15) is 0 Å². The number of imidazole rings is 1. The highest BCUT2D eigenvalue weighted by Gasteiger charge is 2.05. The zero-order chi connectivity index (χ0) is 14.8. The van der Waals surface area contributed by atoms with E-state index in [-0.39, 0.29) is 11.3 Å². The SMILES string of the molecule is C=c1[nH]c(=Cc2ccccc2O)c(=O)n1-c1ccccc1. The van der Waals surface area contributed by atoms with Gasteiger partial charge in [-0.25, -0.2) is 0 Å². The summed E-state index contributed by atoms with van der Waals surface area (Å²) in [7, 11) is 0. The number of benzene rings is 2. The van der Waals surface area contributed by atoms with Gasteiger partial charge in [0.05, 0.1) is 5.69 Å². The fourth-order valence-corrected chi connectivity index (χ4v) is 2.22. The Kier molecular flexibility index (Phi) is 3.20. The van der Waals surface area contributed by atoms with Crippen LogP contribution in [0.5, 0.6) is 5.75 Å². The van der Waals surface area contributed by atoms with Crippen LogP contribution in [0.1, 0.15) is 5.56 Å². The van der Waals surface area contributed by atoms with E-state index in [1.807, 2.05) is 30.3 Å². The molecule has 0 saturated carbocycles. The van der Waals surface area contributed by atoms with E-state index in [1.165, 1.54) is 4.57 Å². The molecule has 0 aliphatic carbocycles. The number of hydrogen-bond donors (Lipinski definition) is 2. The summed E-state index contributed by atoms with van der Waals surface area (Å²) < 4.78 is 1.51. The Hall–Kier alpha value is -3.01. The molecule has 1 aromatic heterocycles. The van der Waals surface area contributed by atoms with Crippen molar-refractivity contribution in [3.63, 3.8) is 0 Å². The summed E-state index contributed by atoms with van der Waals surface area (Å²) >= 11 is 0. The van der Waals surface area contributed by atoms with E-state index in [0.29, 0.717) is 16.4 Å². The standard InChI is InChI=1S/C17H14N2O2/c1-12-18-15(11-13-7-5-6-10-16(13)20)17(21)19(12)14-8-3-2-4-9-14/h2-11,18,20H,1H2. The number of para-hydroxylation sites is 2. The molecule has 0 saturated heterocycles. The van der Waals surface area contributed by atoms with Gasteiger partial charge in [-0.15, -0.1) is 0 Å². The fourth-order valence-electron chi connectivity index (χ4n) is 2.22. The van der Waals surface area contributed by atoms with Gasteiger partial charge in [-0.05, 0) is 24.3 Å². The number of phenolic OH excluding ortho intramolecular Hbond substituents is 1. The Labute approximate surface area is 120 Å². The predicted octanol–water partition coefficient (Wildman–Crippen LogP) is 1.11. The van der Waals surface area contributed by atoms with E-state index in [4.69, 9.17) is 0 Å². The second-order valence-corrected chi connectivity index (χ2v) is 4.66. The minimum atomic E-state index is -0.200. The van der Waals surface area contributed by atoms with Crippen LogP contribution in [-0.4, -0.2) is 14.7 Å². The van der Waals surface area contributed by atoms with Crippen LogP contribution < -0.4 is 16.4 Å². The molecule has 2 N–H and O–H groups in total. The molecule has 0 aliphatic rings. The molecule has 0 bridgehead atoms. The number of nitrogens with one attached hydrogen (secondary N) is 1. The molecule has 3 rings (SSSR count). The van der Waals surface area contributed by atoms with Crippen molar-refractivity contribution in [2.45, 2.75) is 0 Å². The highest BCUT2D eigenvalue weighted by Crippen LogP contribution is 2.15. The third kappa shape index (κ3) is 2.39. The molecule has 0 amide bonds. The van der Waals surface area contributed by atoms with Crippen molar-refractivity contribution in [1.82, 2.24) is 9.55 Å². The number of aromatic hydroxyl groups is 1. The van der Waals surface area contributed by atoms with E-state index < -0.39 is 0 Å². The number of H-pyrrole nitrogens is 1. The number of nitrogens with zero attached hydrogens (tertiary/aromatic N) is 1. The Morgan fingerprint density at radius 2 is 1.71 bits per heavy atom. The van der Waals surface area contributed by atoms with Crippen LogP contribution in [0.25, 0.3) is 18.3 Å². The largest absolute Gasteiger partial charge is 0.507 e. The number of hydrogen-bond acceptors (Lipinski definition) is 2. The van der Waals surface area contributed by atoms with Gasteiger partial charge >= 0.3 is 0 Å². The van der Waals surface area contributed by atoms with Crippen LogP contribution in [0, 0.1) is 0 Å². The summed E-state index contributed by atoms with van der Waals surface area (Å²) in [6.07, 6.45) is 1.62. The van der Waals surface area contributed by atoms with E-state index in [2.05, 4.69) is 11.6 Å². The van der Waals surface area contributed by atoms with Crippen molar-refractivity contribution in [3.8, 4) is 11.4 Å². The summed E-state index contributed by atoms with van der Waals surface area (Å²) in [5.74, 6) is 0.128. The predicted molar refractivity (Wildman–Crippen MR) is 82.8 cm³/mol. The molecular weight excluding hydrogens is 264 g/mol. The summed E-state index contributed by atoms with van der Waals surface area (Å²) in [5, 5.41) is 10.2. The molecule has 0 aliphatic heterocycles. The molecule has 2 aromatic carbocycles. The van der Waals surface area contributed by atoms with Crippen LogP contribution in [0.2, 0.25) is 0 Å². The maximum Gasteiger partial charge on any atom is 0.280 e. The third-order valence-electron chi connectivity index (χ3n) is 3.23. The maximum absolute atomic E-state index is 12.5. The van der Waals surface area contributed by atoms with E-state index >= 15 is 0 Å². The number of phenols is 1. The Morgan fingerprint density at radius 3 is 2.43 bits per heavy atom. The first-order valence-corrected chi connectivity index (χ1v) is 6.52. The first-order valence-electron chi connectivity index (χ1n) is 6.52. The van der Waals surface area contributed by atoms with Crippen molar-refractivity contribution in [3.05, 3.63) is 81.3 Å². The number of aromatic amines is 1. The molecule has 0 spiro atoms. The van der Waals surface area contributed by atoms with Gasteiger partial charge < -0.3 is 10.1 Å². The van der Waals surface area contributed by atoms with Crippen molar-refractivity contribution < 1.29 is 5.11 Å². The quantitative estimate of drug-likeness (QED) is 0.738. The molecule has 21 heavy (non-hydrogen) atoms. The van der Waals surface area contributed by atoms with Crippen LogP contribution in [0.3, 0.4) is 0 Å². The lowest BCUT2D eigenvalue weighted by molar-refractivity contribution is 0.474. The lowest BCUT2D eigenvalue weighted by Gasteiger charge is -1.99. The lowest BCUT2D eigenvalue weighted by atomic mass is 10.2. The monoisotopic (exact) mass is 278 g/mol. The van der Waals surface area contributed by atoms with Crippen LogP contribution in [-0.2, 0) is 0 Å². The molecule has 0 fully saturated rings. The molecule has 1 heterocycles. The lowest BCUT2D eigenvalue weighted by Crippen LogP contribution is -2.29. The normalized spacial score (nSPS) is 11.7. The summed E-state index contributed by atoms with van der Waals surface area (Å²) in [5.41, 5.74) is 1.62. The van der Waals surface area contributed by atoms with Gasteiger partial charge in [0.15, 0.2) is 0 Å². The summed E-state index contributed by atoms with van der Waals surface area (Å²) in [6.45, 7) is 3.87. The van der Waals surface area contributed by atoms with E-state index in [9.17, 15) is 9.90 Å². The second kappa shape index (κ2) is 5.17. The fraction of sp³-hybridized carbons (Fsp3) is 0. The average molecular weight is 278 g/mol. The number of aromatic nitrogens is 2. The highest BCUT2D eigenvalue weighted by molar-refractivity contribution is 5.55. The molecule has 0 unspecified atom stereocenters. The minimum Gasteiger partial charge on any atom is -0.507 e. The van der Waals surface area contributed by atoms with Crippen molar-refractivity contribution in [2.24, 2.45) is 0 Å².